The van der Waals surface area contributed by atoms with Gasteiger partial charge in [-0.3, -0.25) is 4.90 Å². The molecule has 0 amide bonds. The van der Waals surface area contributed by atoms with Crippen molar-refractivity contribution in [2.75, 3.05) is 13.7 Å². The van der Waals surface area contributed by atoms with E-state index < -0.39 is 0 Å². The first-order valence-electron chi connectivity index (χ1n) is 6.99. The zero-order valence-electron chi connectivity index (χ0n) is 11.6. The Morgan fingerprint density at radius 3 is 2.68 bits per heavy atom. The van der Waals surface area contributed by atoms with Crippen LogP contribution in [-0.2, 0) is 6.54 Å². The van der Waals surface area contributed by atoms with Gasteiger partial charge in [-0.2, -0.15) is 0 Å². The Morgan fingerprint density at radius 2 is 2.16 bits per heavy atom. The van der Waals surface area contributed by atoms with Gasteiger partial charge in [0.15, 0.2) is 0 Å². The SMILES string of the molecule is COc1ccc(CN2C(C)C3(CCCN3)C2O)cc1. The zero-order valence-corrected chi connectivity index (χ0v) is 11.6. The minimum absolute atomic E-state index is 0.0630. The van der Waals surface area contributed by atoms with Gasteiger partial charge >= 0.3 is 0 Å². The summed E-state index contributed by atoms with van der Waals surface area (Å²) in [5, 5.41) is 13.9. The Labute approximate surface area is 114 Å². The standard InChI is InChI=1S/C15H22N2O2/c1-11-15(8-3-9-16-15)14(18)17(11)10-12-4-6-13(19-2)7-5-12/h4-7,11,14,16,18H,3,8-10H2,1-2H3. The molecule has 3 atom stereocenters. The molecule has 2 heterocycles. The van der Waals surface area contributed by atoms with E-state index in [0.717, 1.165) is 31.7 Å². The summed E-state index contributed by atoms with van der Waals surface area (Å²) in [5.41, 5.74) is 1.14. The van der Waals surface area contributed by atoms with Crippen LogP contribution in [0, 0.1) is 0 Å². The first-order valence-corrected chi connectivity index (χ1v) is 6.99. The van der Waals surface area contributed by atoms with Gasteiger partial charge in [0.2, 0.25) is 0 Å². The molecule has 3 unspecified atom stereocenters. The second kappa shape index (κ2) is 4.78. The van der Waals surface area contributed by atoms with E-state index in [0.29, 0.717) is 6.04 Å². The number of likely N-dealkylation sites (tertiary alicyclic amines) is 1. The smallest absolute Gasteiger partial charge is 0.127 e. The molecule has 2 fully saturated rings. The summed E-state index contributed by atoms with van der Waals surface area (Å²) >= 11 is 0. The molecule has 0 bridgehead atoms. The molecule has 0 aromatic heterocycles. The predicted octanol–water partition coefficient (Wildman–Crippen LogP) is 1.34. The second-order valence-corrected chi connectivity index (χ2v) is 5.64. The van der Waals surface area contributed by atoms with E-state index in [1.165, 1.54) is 5.56 Å². The van der Waals surface area contributed by atoms with Crippen LogP contribution in [-0.4, -0.2) is 41.5 Å². The van der Waals surface area contributed by atoms with Gasteiger partial charge in [-0.15, -0.1) is 0 Å². The maximum Gasteiger partial charge on any atom is 0.127 e. The number of methoxy groups -OCH3 is 1. The van der Waals surface area contributed by atoms with Crippen LogP contribution in [0.15, 0.2) is 24.3 Å². The van der Waals surface area contributed by atoms with Crippen molar-refractivity contribution in [2.45, 2.75) is 44.1 Å². The maximum atomic E-state index is 10.4. The third kappa shape index (κ3) is 1.95. The van der Waals surface area contributed by atoms with Gasteiger partial charge in [-0.1, -0.05) is 12.1 Å². The fourth-order valence-electron chi connectivity index (χ4n) is 3.47. The van der Waals surface area contributed by atoms with Crippen molar-refractivity contribution >= 4 is 0 Å². The number of rotatable bonds is 3. The first-order chi connectivity index (χ1) is 9.17. The van der Waals surface area contributed by atoms with Gasteiger partial charge in [0.25, 0.3) is 0 Å². The van der Waals surface area contributed by atoms with Crippen molar-refractivity contribution in [2.24, 2.45) is 0 Å². The molecule has 2 aliphatic rings. The molecule has 1 aromatic carbocycles. The fraction of sp³-hybridized carbons (Fsp3) is 0.600. The molecule has 4 nitrogen and oxygen atoms in total. The van der Waals surface area contributed by atoms with Gasteiger partial charge in [0.1, 0.15) is 12.0 Å². The topological polar surface area (TPSA) is 44.7 Å². The van der Waals surface area contributed by atoms with E-state index >= 15 is 0 Å². The summed E-state index contributed by atoms with van der Waals surface area (Å²) in [7, 11) is 1.67. The van der Waals surface area contributed by atoms with E-state index in [1.54, 1.807) is 7.11 Å². The average molecular weight is 262 g/mol. The van der Waals surface area contributed by atoms with E-state index in [9.17, 15) is 5.11 Å². The van der Waals surface area contributed by atoms with Gasteiger partial charge in [0.05, 0.1) is 12.6 Å². The molecule has 3 rings (SSSR count). The minimum atomic E-state index is -0.368. The van der Waals surface area contributed by atoms with Gasteiger partial charge in [0, 0.05) is 12.6 Å². The summed E-state index contributed by atoms with van der Waals surface area (Å²) in [6, 6.07) is 8.44. The summed E-state index contributed by atoms with van der Waals surface area (Å²) in [6.07, 6.45) is 1.87. The van der Waals surface area contributed by atoms with Crippen LogP contribution in [0.5, 0.6) is 5.75 Å². The Balaban J connectivity index is 1.67. The highest BCUT2D eigenvalue weighted by atomic mass is 16.5. The number of hydrogen-bond donors (Lipinski definition) is 2. The van der Waals surface area contributed by atoms with Crippen molar-refractivity contribution < 1.29 is 9.84 Å². The molecular formula is C15H22N2O2. The Hall–Kier alpha value is -1.10. The molecule has 4 heteroatoms. The largest absolute Gasteiger partial charge is 0.497 e. The van der Waals surface area contributed by atoms with E-state index in [4.69, 9.17) is 4.74 Å². The van der Waals surface area contributed by atoms with Crippen LogP contribution >= 0.6 is 0 Å². The van der Waals surface area contributed by atoms with Crippen LogP contribution in [0.1, 0.15) is 25.3 Å². The summed E-state index contributed by atoms with van der Waals surface area (Å²) < 4.78 is 5.16. The number of nitrogens with one attached hydrogen (secondary N) is 1. The normalized spacial score (nSPS) is 34.5. The van der Waals surface area contributed by atoms with Crippen LogP contribution in [0.4, 0.5) is 0 Å². The van der Waals surface area contributed by atoms with Crippen molar-refractivity contribution in [3.8, 4) is 5.75 Å². The monoisotopic (exact) mass is 262 g/mol. The lowest BCUT2D eigenvalue weighted by molar-refractivity contribution is -0.197. The molecule has 0 aliphatic carbocycles. The van der Waals surface area contributed by atoms with Crippen molar-refractivity contribution in [1.29, 1.82) is 0 Å². The molecule has 104 valence electrons. The summed E-state index contributed by atoms with van der Waals surface area (Å²) in [5.74, 6) is 0.870. The molecule has 2 N–H and O–H groups in total. The molecule has 19 heavy (non-hydrogen) atoms. The first kappa shape index (κ1) is 12.9. The molecule has 0 radical (unpaired) electrons. The molecule has 2 saturated heterocycles. The van der Waals surface area contributed by atoms with Crippen LogP contribution in [0.2, 0.25) is 0 Å². The summed E-state index contributed by atoms with van der Waals surface area (Å²) in [4.78, 5) is 2.15. The van der Waals surface area contributed by atoms with Crippen LogP contribution in [0.3, 0.4) is 0 Å². The molecule has 1 aromatic rings. The zero-order chi connectivity index (χ0) is 13.5. The predicted molar refractivity (Wildman–Crippen MR) is 74.0 cm³/mol. The second-order valence-electron chi connectivity index (χ2n) is 5.64. The Kier molecular flexibility index (Phi) is 3.25. The minimum Gasteiger partial charge on any atom is -0.497 e. The lowest BCUT2D eigenvalue weighted by Gasteiger charge is -2.59. The number of ether oxygens (including phenoxy) is 1. The van der Waals surface area contributed by atoms with Crippen molar-refractivity contribution in [3.63, 3.8) is 0 Å². The fourth-order valence-corrected chi connectivity index (χ4v) is 3.47. The molecular weight excluding hydrogens is 240 g/mol. The summed E-state index contributed by atoms with van der Waals surface area (Å²) in [6.45, 7) is 4.02. The maximum absolute atomic E-state index is 10.4. The number of benzene rings is 1. The lowest BCUT2D eigenvalue weighted by Crippen LogP contribution is -2.78. The quantitative estimate of drug-likeness (QED) is 0.863. The van der Waals surface area contributed by atoms with E-state index in [1.807, 2.05) is 12.1 Å². The van der Waals surface area contributed by atoms with E-state index in [2.05, 4.69) is 29.3 Å². The Bertz CT molecular complexity index is 428. The molecule has 1 spiro atoms. The third-order valence-electron chi connectivity index (χ3n) is 4.76. The van der Waals surface area contributed by atoms with E-state index in [-0.39, 0.29) is 11.8 Å². The molecule has 0 saturated carbocycles. The highest BCUT2D eigenvalue weighted by molar-refractivity contribution is 5.28. The number of aliphatic hydroxyl groups excluding tert-OH is 1. The Morgan fingerprint density at radius 1 is 1.42 bits per heavy atom. The third-order valence-corrected chi connectivity index (χ3v) is 4.76. The van der Waals surface area contributed by atoms with Crippen molar-refractivity contribution in [3.05, 3.63) is 29.8 Å². The molecule has 2 aliphatic heterocycles. The number of hydrogen-bond acceptors (Lipinski definition) is 4. The van der Waals surface area contributed by atoms with Crippen molar-refractivity contribution in [1.82, 2.24) is 10.2 Å². The average Bonchev–Trinajstić information content (AvgIpc) is 2.96. The lowest BCUT2D eigenvalue weighted by atomic mass is 9.77. The van der Waals surface area contributed by atoms with Crippen LogP contribution in [0.25, 0.3) is 0 Å². The highest BCUT2D eigenvalue weighted by Crippen LogP contribution is 2.42. The van der Waals surface area contributed by atoms with Crippen LogP contribution < -0.4 is 10.1 Å². The van der Waals surface area contributed by atoms with Gasteiger partial charge in [-0.05, 0) is 44.0 Å². The number of nitrogens with zero attached hydrogens (tertiary/aromatic N) is 1. The number of aliphatic hydroxyl groups is 1. The highest BCUT2D eigenvalue weighted by Gasteiger charge is 2.58. The van der Waals surface area contributed by atoms with Gasteiger partial charge < -0.3 is 15.2 Å². The van der Waals surface area contributed by atoms with Gasteiger partial charge in [-0.25, -0.2) is 0 Å².